The number of carbonyl (C=O) groups is 1. The molecule has 5 nitrogen and oxygen atoms in total. The Morgan fingerprint density at radius 3 is 2.72 bits per heavy atom. The molecule has 1 aromatic heterocycles. The van der Waals surface area contributed by atoms with E-state index in [1.807, 2.05) is 43.0 Å². The summed E-state index contributed by atoms with van der Waals surface area (Å²) < 4.78 is 11.1. The van der Waals surface area contributed by atoms with Gasteiger partial charge < -0.3 is 14.1 Å². The van der Waals surface area contributed by atoms with Crippen LogP contribution < -0.4 is 4.74 Å². The number of amides is 1. The number of benzene rings is 1. The van der Waals surface area contributed by atoms with E-state index >= 15 is 0 Å². The number of carbonyl (C=O) groups excluding carboxylic acids is 1. The number of ether oxygens (including phenoxy) is 1. The summed E-state index contributed by atoms with van der Waals surface area (Å²) in [5.74, 6) is 0.277. The smallest absolute Gasteiger partial charge is 0.395 e. The highest BCUT2D eigenvalue weighted by molar-refractivity contribution is 5.80. The van der Waals surface area contributed by atoms with Gasteiger partial charge in [-0.25, -0.2) is 0 Å². The van der Waals surface area contributed by atoms with E-state index in [-0.39, 0.29) is 30.0 Å². The zero-order valence-electron chi connectivity index (χ0n) is 15.6. The Kier molecular flexibility index (Phi) is 4.58. The number of fused-ring (bicyclic) bond motifs is 1. The Morgan fingerprint density at radius 2 is 2.12 bits per heavy atom. The molecule has 0 fully saturated rings. The topological polar surface area (TPSA) is 55.6 Å². The molecule has 25 heavy (non-hydrogen) atoms. The van der Waals surface area contributed by atoms with E-state index < -0.39 is 0 Å². The van der Waals surface area contributed by atoms with Gasteiger partial charge in [-0.05, 0) is 43.7 Å². The molecule has 0 bridgehead atoms. The SMILES string of the molecule is CC1CC(C)(C)C=C1N(C(=O)COc1nc2ccccc2o1)C(C)C. The number of para-hydroxylation sites is 2. The monoisotopic (exact) mass is 342 g/mol. The van der Waals surface area contributed by atoms with Crippen LogP contribution in [0.25, 0.3) is 11.1 Å². The van der Waals surface area contributed by atoms with Crippen molar-refractivity contribution in [3.05, 3.63) is 36.0 Å². The van der Waals surface area contributed by atoms with Crippen molar-refractivity contribution in [2.75, 3.05) is 6.61 Å². The highest BCUT2D eigenvalue weighted by Crippen LogP contribution is 2.41. The average Bonchev–Trinajstić information content (AvgIpc) is 3.05. The summed E-state index contributed by atoms with van der Waals surface area (Å²) in [5, 5.41) is 0. The Hall–Kier alpha value is -2.30. The van der Waals surface area contributed by atoms with Crippen molar-refractivity contribution >= 4 is 17.0 Å². The van der Waals surface area contributed by atoms with Crippen LogP contribution in [0, 0.1) is 11.3 Å². The van der Waals surface area contributed by atoms with E-state index in [9.17, 15) is 4.79 Å². The highest BCUT2D eigenvalue weighted by Gasteiger charge is 2.35. The number of aromatic nitrogens is 1. The lowest BCUT2D eigenvalue weighted by Gasteiger charge is -2.30. The number of allylic oxidation sites excluding steroid dienone is 2. The van der Waals surface area contributed by atoms with Crippen LogP contribution in [0.2, 0.25) is 0 Å². The van der Waals surface area contributed by atoms with Gasteiger partial charge in [-0.2, -0.15) is 4.98 Å². The molecule has 1 aliphatic rings. The zero-order chi connectivity index (χ0) is 18.2. The van der Waals surface area contributed by atoms with Gasteiger partial charge in [0.25, 0.3) is 5.91 Å². The van der Waals surface area contributed by atoms with E-state index in [2.05, 4.69) is 31.8 Å². The first-order valence-corrected chi connectivity index (χ1v) is 8.80. The van der Waals surface area contributed by atoms with Crippen LogP contribution in [0.3, 0.4) is 0 Å². The Bertz CT molecular complexity index is 771. The largest absolute Gasteiger partial charge is 0.440 e. The molecule has 0 saturated carbocycles. The van der Waals surface area contributed by atoms with Gasteiger partial charge in [-0.1, -0.05) is 39.0 Å². The van der Waals surface area contributed by atoms with Gasteiger partial charge in [-0.15, -0.1) is 0 Å². The van der Waals surface area contributed by atoms with Crippen molar-refractivity contribution in [2.24, 2.45) is 11.3 Å². The summed E-state index contributed by atoms with van der Waals surface area (Å²) in [4.78, 5) is 18.9. The van der Waals surface area contributed by atoms with E-state index in [1.165, 1.54) is 0 Å². The third kappa shape index (κ3) is 3.70. The Morgan fingerprint density at radius 1 is 1.40 bits per heavy atom. The summed E-state index contributed by atoms with van der Waals surface area (Å²) >= 11 is 0. The first-order valence-electron chi connectivity index (χ1n) is 8.80. The van der Waals surface area contributed by atoms with Crippen LogP contribution in [0.4, 0.5) is 0 Å². The third-order valence-electron chi connectivity index (χ3n) is 4.53. The molecule has 134 valence electrons. The van der Waals surface area contributed by atoms with Crippen molar-refractivity contribution in [3.63, 3.8) is 0 Å². The van der Waals surface area contributed by atoms with Crippen molar-refractivity contribution in [3.8, 4) is 6.08 Å². The van der Waals surface area contributed by atoms with E-state index in [1.54, 1.807) is 0 Å². The maximum Gasteiger partial charge on any atom is 0.395 e. The van der Waals surface area contributed by atoms with Gasteiger partial charge in [0.05, 0.1) is 0 Å². The molecular formula is C20H26N2O3. The molecule has 2 aromatic rings. The molecule has 3 rings (SSSR count). The van der Waals surface area contributed by atoms with E-state index in [0.717, 1.165) is 17.6 Å². The first kappa shape index (κ1) is 17.5. The molecule has 0 spiro atoms. The summed E-state index contributed by atoms with van der Waals surface area (Å²) in [7, 11) is 0. The lowest BCUT2D eigenvalue weighted by Crippen LogP contribution is -2.40. The molecule has 1 amide bonds. The summed E-state index contributed by atoms with van der Waals surface area (Å²) in [5.41, 5.74) is 2.58. The fraction of sp³-hybridized carbons (Fsp3) is 0.500. The predicted molar refractivity (Wildman–Crippen MR) is 97.1 cm³/mol. The minimum atomic E-state index is -0.0878. The predicted octanol–water partition coefficient (Wildman–Crippen LogP) is 4.39. The van der Waals surface area contributed by atoms with Crippen LogP contribution in [-0.4, -0.2) is 28.4 Å². The molecular weight excluding hydrogens is 316 g/mol. The van der Waals surface area contributed by atoms with Crippen LogP contribution in [0.5, 0.6) is 6.08 Å². The lowest BCUT2D eigenvalue weighted by molar-refractivity contribution is -0.133. The first-order chi connectivity index (χ1) is 11.8. The van der Waals surface area contributed by atoms with Gasteiger partial charge in [0, 0.05) is 11.7 Å². The van der Waals surface area contributed by atoms with Gasteiger partial charge >= 0.3 is 6.08 Å². The van der Waals surface area contributed by atoms with Crippen LogP contribution in [-0.2, 0) is 4.79 Å². The average molecular weight is 342 g/mol. The van der Waals surface area contributed by atoms with Crippen molar-refractivity contribution < 1.29 is 13.9 Å². The van der Waals surface area contributed by atoms with Crippen molar-refractivity contribution in [1.82, 2.24) is 9.88 Å². The molecule has 0 aliphatic heterocycles. The summed E-state index contributed by atoms with van der Waals surface area (Å²) in [6.45, 7) is 10.5. The Labute approximate surface area is 148 Å². The van der Waals surface area contributed by atoms with Crippen LogP contribution >= 0.6 is 0 Å². The van der Waals surface area contributed by atoms with Gasteiger partial charge in [0.2, 0.25) is 0 Å². The van der Waals surface area contributed by atoms with Crippen LogP contribution in [0.1, 0.15) is 41.0 Å². The molecule has 1 atom stereocenters. The molecule has 1 heterocycles. The van der Waals surface area contributed by atoms with Crippen LogP contribution in [0.15, 0.2) is 40.5 Å². The number of oxazole rings is 1. The van der Waals surface area contributed by atoms with E-state index in [4.69, 9.17) is 9.15 Å². The van der Waals surface area contributed by atoms with Crippen molar-refractivity contribution in [1.29, 1.82) is 0 Å². The summed E-state index contributed by atoms with van der Waals surface area (Å²) in [6, 6.07) is 7.50. The molecule has 1 unspecified atom stereocenters. The standard InChI is InChI=1S/C20H26N2O3/c1-13(2)22(16-11-20(4,5)10-14(16)3)18(23)12-24-19-21-15-8-6-7-9-17(15)25-19/h6-9,11,13-14H,10,12H2,1-5H3. The molecule has 0 N–H and O–H groups in total. The molecule has 1 aliphatic carbocycles. The second kappa shape index (κ2) is 6.54. The maximum absolute atomic E-state index is 12.8. The third-order valence-corrected chi connectivity index (χ3v) is 4.53. The minimum Gasteiger partial charge on any atom is -0.440 e. The number of rotatable bonds is 5. The Balaban J connectivity index is 1.73. The zero-order valence-corrected chi connectivity index (χ0v) is 15.6. The summed E-state index contributed by atoms with van der Waals surface area (Å²) in [6.07, 6.45) is 3.40. The number of hydrogen-bond donors (Lipinski definition) is 0. The highest BCUT2D eigenvalue weighted by atomic mass is 16.6. The van der Waals surface area contributed by atoms with Gasteiger partial charge in [0.1, 0.15) is 5.52 Å². The lowest BCUT2D eigenvalue weighted by atomic mass is 9.91. The number of hydrogen-bond acceptors (Lipinski definition) is 4. The molecule has 0 saturated heterocycles. The minimum absolute atomic E-state index is 0.0716. The van der Waals surface area contributed by atoms with Crippen molar-refractivity contribution in [2.45, 2.75) is 47.1 Å². The second-order valence-corrected chi connectivity index (χ2v) is 7.76. The van der Waals surface area contributed by atoms with E-state index in [0.29, 0.717) is 11.5 Å². The second-order valence-electron chi connectivity index (χ2n) is 7.76. The fourth-order valence-corrected chi connectivity index (χ4v) is 3.64. The normalized spacial score (nSPS) is 19.3. The van der Waals surface area contributed by atoms with Gasteiger partial charge in [-0.3, -0.25) is 4.79 Å². The molecule has 1 aromatic carbocycles. The molecule has 5 heteroatoms. The number of nitrogens with zero attached hydrogens (tertiary/aromatic N) is 2. The van der Waals surface area contributed by atoms with Gasteiger partial charge in [0.15, 0.2) is 12.2 Å². The maximum atomic E-state index is 12.8. The quantitative estimate of drug-likeness (QED) is 0.808. The fourth-order valence-electron chi connectivity index (χ4n) is 3.64. The molecule has 0 radical (unpaired) electrons.